The van der Waals surface area contributed by atoms with Gasteiger partial charge in [0.05, 0.1) is 25.3 Å². The first-order valence-corrected chi connectivity index (χ1v) is 23.7. The van der Waals surface area contributed by atoms with Crippen LogP contribution in [0.3, 0.4) is 0 Å². The van der Waals surface area contributed by atoms with Crippen LogP contribution in [-0.2, 0) is 9.96 Å². The Labute approximate surface area is 371 Å². The maximum absolute atomic E-state index is 16.9. The van der Waals surface area contributed by atoms with Crippen LogP contribution in [-0.4, -0.2) is 64.3 Å². The van der Waals surface area contributed by atoms with Gasteiger partial charge in [-0.25, -0.2) is 14.0 Å². The number of rotatable bonds is 17. The summed E-state index contributed by atoms with van der Waals surface area (Å²) in [5.41, 5.74) is 0.809. The number of aromatic nitrogens is 5. The third-order valence-electron chi connectivity index (χ3n) is 11.7. The summed E-state index contributed by atoms with van der Waals surface area (Å²) in [6.45, 7) is 11.4. The van der Waals surface area contributed by atoms with E-state index >= 15 is 4.39 Å². The van der Waals surface area contributed by atoms with E-state index in [0.717, 1.165) is 21.4 Å². The second-order valence-corrected chi connectivity index (χ2v) is 21.6. The summed E-state index contributed by atoms with van der Waals surface area (Å²) in [6.07, 6.45) is 1.89. The molecule has 5 aromatic carbocycles. The highest BCUT2D eigenvalue weighted by Gasteiger charge is 2.41. The van der Waals surface area contributed by atoms with Crippen LogP contribution in [0.25, 0.3) is 5.82 Å². The molecule has 0 radical (unpaired) electrons. The lowest BCUT2D eigenvalue weighted by molar-refractivity contribution is 0.0696. The van der Waals surface area contributed by atoms with Crippen molar-refractivity contribution in [3.05, 3.63) is 189 Å². The van der Waals surface area contributed by atoms with Gasteiger partial charge in [0.15, 0.2) is 31.5 Å². The number of carboxylic acid groups (broad SMARTS) is 1. The number of methoxy groups -OCH3 is 1. The highest BCUT2D eigenvalue weighted by atomic mass is 28.4. The monoisotopic (exact) mass is 879 g/mol. The summed E-state index contributed by atoms with van der Waals surface area (Å²) in [4.78, 5) is 30.1. The second kappa shape index (κ2) is 18.6. The summed E-state index contributed by atoms with van der Waals surface area (Å²) in [5, 5.41) is 33.0. The number of halogens is 1. The molecule has 0 aliphatic heterocycles. The Kier molecular flexibility index (Phi) is 13.0. The fourth-order valence-corrected chi connectivity index (χ4v) is 8.39. The number of hydrogen-bond acceptors (Lipinski definition) is 9. The maximum atomic E-state index is 16.9. The van der Waals surface area contributed by atoms with Gasteiger partial charge in [0.1, 0.15) is 22.9 Å². The zero-order valence-corrected chi connectivity index (χ0v) is 37.5. The number of nitrogens with zero attached hydrogens (tertiary/aromatic N) is 5. The van der Waals surface area contributed by atoms with E-state index in [9.17, 15) is 20.0 Å². The number of H-pyrrole nitrogens is 1. The van der Waals surface area contributed by atoms with E-state index in [1.807, 2.05) is 91.0 Å². The van der Waals surface area contributed by atoms with Crippen LogP contribution in [0.15, 0.2) is 138 Å². The summed E-state index contributed by atoms with van der Waals surface area (Å²) >= 11 is 0. The molecule has 0 fully saturated rings. The molecular formula is C49H50FN7O6Si. The zero-order chi connectivity index (χ0) is 45.6. The fourth-order valence-electron chi connectivity index (χ4n) is 7.30. The number of hydrogen-bond donors (Lipinski definition) is 3. The van der Waals surface area contributed by atoms with Gasteiger partial charge >= 0.3 is 11.7 Å². The van der Waals surface area contributed by atoms with Crippen molar-refractivity contribution < 1.29 is 28.2 Å². The third-order valence-corrected chi connectivity index (χ3v) is 16.2. The predicted molar refractivity (Wildman–Crippen MR) is 244 cm³/mol. The fraction of sp³-hybridized carbons (Fsp3) is 0.245. The molecular weight excluding hydrogens is 830 g/mol. The first-order valence-electron chi connectivity index (χ1n) is 20.8. The van der Waals surface area contributed by atoms with E-state index < -0.39 is 37.4 Å². The van der Waals surface area contributed by atoms with E-state index in [1.54, 1.807) is 28.9 Å². The molecule has 13 nitrogen and oxygen atoms in total. The lowest BCUT2D eigenvalue weighted by Crippen LogP contribution is -2.41. The van der Waals surface area contributed by atoms with Crippen molar-refractivity contribution in [3.8, 4) is 23.4 Å². The average molecular weight is 880 g/mol. The molecule has 0 bridgehead atoms. The standard InChI is InChI=1S/C49H50FN7O6Si/c1-48(2,3)64(5,6)63-28-16-27-62-41-30-38(61-4)29-39(42(41)50)43(52-37-25-23-33(31-51)24-26-37)44-53-47(60)57(54-44)45-40(46(58)59)32-56(55-45)49(34-17-10-7-11-18-34,35-19-12-8-13-20-35)36-21-14-9-15-22-36/h7-15,17-26,29-30,32,43,52H,16,27-28H2,1-6H3,(H,58,59)(H,53,54,60)/t43-/m0/s1. The first-order chi connectivity index (χ1) is 30.7. The SMILES string of the molecule is COc1cc(OCCCO[Si](C)(C)C(C)(C)C)c(F)c([C@H](Nc2ccc(C#N)cc2)c2nn(-c3nn(C(c4ccccc4)(c4ccccc4)c4ccccc4)cc3C(=O)O)c(=O)[nH]2)c1. The smallest absolute Gasteiger partial charge is 0.349 e. The van der Waals surface area contributed by atoms with Crippen LogP contribution in [0, 0.1) is 17.1 Å². The topological polar surface area (TPSA) is 169 Å². The van der Waals surface area contributed by atoms with Crippen LogP contribution >= 0.6 is 0 Å². The van der Waals surface area contributed by atoms with Gasteiger partial charge in [-0.1, -0.05) is 112 Å². The number of nitrogens with one attached hydrogen (secondary N) is 2. The average Bonchev–Trinajstić information content (AvgIpc) is 3.91. The molecule has 0 saturated carbocycles. The minimum Gasteiger partial charge on any atom is -0.497 e. The molecule has 0 aliphatic carbocycles. The number of carbonyl (C=O) groups is 1. The number of carboxylic acids is 1. The normalized spacial score (nSPS) is 12.3. The Morgan fingerprint density at radius 1 is 0.891 bits per heavy atom. The van der Waals surface area contributed by atoms with Crippen LogP contribution in [0.1, 0.15) is 77.2 Å². The van der Waals surface area contributed by atoms with Gasteiger partial charge in [0.25, 0.3) is 0 Å². The molecule has 3 N–H and O–H groups in total. The van der Waals surface area contributed by atoms with Crippen molar-refractivity contribution in [1.82, 2.24) is 24.5 Å². The lowest BCUT2D eigenvalue weighted by atomic mass is 9.77. The molecule has 7 rings (SSSR count). The van der Waals surface area contributed by atoms with E-state index in [1.165, 1.54) is 25.4 Å². The number of aromatic amines is 1. The van der Waals surface area contributed by atoms with Crippen molar-refractivity contribution in [2.24, 2.45) is 0 Å². The Morgan fingerprint density at radius 3 is 1.98 bits per heavy atom. The number of nitriles is 1. The summed E-state index contributed by atoms with van der Waals surface area (Å²) in [5.74, 6) is -2.30. The van der Waals surface area contributed by atoms with Crippen molar-refractivity contribution in [2.45, 2.75) is 56.9 Å². The zero-order valence-electron chi connectivity index (χ0n) is 36.5. The second-order valence-electron chi connectivity index (χ2n) is 16.8. The van der Waals surface area contributed by atoms with Crippen LogP contribution < -0.4 is 20.5 Å². The summed E-state index contributed by atoms with van der Waals surface area (Å²) < 4.78 is 37.2. The lowest BCUT2D eigenvalue weighted by Gasteiger charge is -2.36. The van der Waals surface area contributed by atoms with E-state index in [4.69, 9.17) is 19.0 Å². The van der Waals surface area contributed by atoms with E-state index in [-0.39, 0.29) is 45.9 Å². The minimum absolute atomic E-state index is 0.00244. The number of benzene rings is 5. The Balaban J connectivity index is 1.34. The molecule has 0 saturated heterocycles. The molecule has 1 atom stereocenters. The third kappa shape index (κ3) is 8.96. The maximum Gasteiger partial charge on any atom is 0.349 e. The molecule has 0 unspecified atom stereocenters. The molecule has 328 valence electrons. The Hall–Kier alpha value is -7.28. The van der Waals surface area contributed by atoms with Crippen LogP contribution in [0.4, 0.5) is 10.1 Å². The van der Waals surface area contributed by atoms with Crippen molar-refractivity contribution in [1.29, 1.82) is 5.26 Å². The van der Waals surface area contributed by atoms with Crippen LogP contribution in [0.5, 0.6) is 11.5 Å². The molecule has 0 spiro atoms. The van der Waals surface area contributed by atoms with Gasteiger partial charge in [0.2, 0.25) is 0 Å². The number of anilines is 1. The largest absolute Gasteiger partial charge is 0.497 e. The summed E-state index contributed by atoms with van der Waals surface area (Å²) in [6, 6.07) is 38.9. The molecule has 2 heterocycles. The highest BCUT2D eigenvalue weighted by Crippen LogP contribution is 2.42. The van der Waals surface area contributed by atoms with Crippen molar-refractivity contribution >= 4 is 20.0 Å². The van der Waals surface area contributed by atoms with Gasteiger partial charge in [0, 0.05) is 36.5 Å². The quantitative estimate of drug-likeness (QED) is 0.0455. The molecule has 0 aliphatic rings. The van der Waals surface area contributed by atoms with Gasteiger partial charge in [-0.05, 0) is 65.2 Å². The highest BCUT2D eigenvalue weighted by molar-refractivity contribution is 6.74. The molecule has 2 aromatic heterocycles. The van der Waals surface area contributed by atoms with Gasteiger partial charge < -0.3 is 24.3 Å². The van der Waals surface area contributed by atoms with Crippen LogP contribution in [0.2, 0.25) is 18.1 Å². The Bertz CT molecular complexity index is 2720. The van der Waals surface area contributed by atoms with Crippen molar-refractivity contribution in [2.75, 3.05) is 25.6 Å². The first kappa shape index (κ1) is 44.8. The van der Waals surface area contributed by atoms with Gasteiger partial charge in [-0.3, -0.25) is 9.67 Å². The van der Waals surface area contributed by atoms with E-state index in [0.29, 0.717) is 24.3 Å². The molecule has 0 amide bonds. The van der Waals surface area contributed by atoms with E-state index in [2.05, 4.69) is 55.3 Å². The minimum atomic E-state index is -2.01. The predicted octanol–water partition coefficient (Wildman–Crippen LogP) is 9.31. The molecule has 64 heavy (non-hydrogen) atoms. The number of aromatic carboxylic acids is 1. The van der Waals surface area contributed by atoms with Gasteiger partial charge in [-0.2, -0.15) is 15.0 Å². The van der Waals surface area contributed by atoms with Gasteiger partial charge in [-0.15, -0.1) is 5.10 Å². The summed E-state index contributed by atoms with van der Waals surface area (Å²) in [7, 11) is -0.567. The Morgan fingerprint density at radius 2 is 1.47 bits per heavy atom. The molecule has 7 aromatic rings. The van der Waals surface area contributed by atoms with Crippen molar-refractivity contribution in [3.63, 3.8) is 0 Å². The number of ether oxygens (including phenoxy) is 2. The molecule has 15 heteroatoms.